The molecule has 4 nitrogen and oxygen atoms in total. The molecule has 0 spiro atoms. The van der Waals surface area contributed by atoms with E-state index >= 15 is 0 Å². The lowest BCUT2D eigenvalue weighted by Gasteiger charge is -2.06. The molecule has 1 aliphatic heterocycles. The van der Waals surface area contributed by atoms with Crippen molar-refractivity contribution in [3.05, 3.63) is 82.5 Å². The first-order valence-electron chi connectivity index (χ1n) is 7.67. The second-order valence-corrected chi connectivity index (χ2v) is 6.04. The van der Waals surface area contributed by atoms with Gasteiger partial charge >= 0.3 is 5.97 Å². The van der Waals surface area contributed by atoms with Crippen LogP contribution in [0, 0.1) is 0 Å². The Morgan fingerprint density at radius 3 is 2.84 bits per heavy atom. The number of halogens is 1. The molecule has 0 aromatic heterocycles. The quantitative estimate of drug-likeness (QED) is 0.447. The highest BCUT2D eigenvalue weighted by molar-refractivity contribution is 6.34. The van der Waals surface area contributed by atoms with Gasteiger partial charge in [0.2, 0.25) is 5.90 Å². The molecule has 0 amide bonds. The van der Waals surface area contributed by atoms with Crippen LogP contribution in [0.25, 0.3) is 6.08 Å². The molecule has 1 aliphatic rings. The number of carbonyl (C=O) groups is 1. The van der Waals surface area contributed by atoms with Crippen molar-refractivity contribution >= 4 is 29.5 Å². The summed E-state index contributed by atoms with van der Waals surface area (Å²) >= 11 is 6.13. The van der Waals surface area contributed by atoms with Gasteiger partial charge in [0.25, 0.3) is 0 Å². The molecule has 126 valence electrons. The van der Waals surface area contributed by atoms with Crippen LogP contribution in [0.15, 0.2) is 71.4 Å². The first-order chi connectivity index (χ1) is 12.0. The molecule has 1 heterocycles. The van der Waals surface area contributed by atoms with E-state index in [1.54, 1.807) is 24.3 Å². The standard InChI is InChI=1S/C20H16ClNO3/c1-13(2)12-24-15-7-5-6-14(10-15)11-18-20(23)25-19(22-18)16-8-3-4-9-17(16)21/h3-11H,1,12H2,2H3/b18-11-. The summed E-state index contributed by atoms with van der Waals surface area (Å²) in [5, 5.41) is 0.477. The molecule has 0 bridgehead atoms. The summed E-state index contributed by atoms with van der Waals surface area (Å²) in [5.74, 6) is 0.388. The average molecular weight is 354 g/mol. The Labute approximate surface area is 151 Å². The number of esters is 1. The van der Waals surface area contributed by atoms with E-state index in [0.29, 0.717) is 22.9 Å². The molecular formula is C20H16ClNO3. The Balaban J connectivity index is 1.86. The third-order valence-electron chi connectivity index (χ3n) is 3.37. The SMILES string of the molecule is C=C(C)COc1cccc(/C=C2\N=C(c3ccccc3Cl)OC2=O)c1. The largest absolute Gasteiger partial charge is 0.489 e. The van der Waals surface area contributed by atoms with Crippen molar-refractivity contribution in [1.29, 1.82) is 0 Å². The van der Waals surface area contributed by atoms with Crippen LogP contribution in [0.2, 0.25) is 5.02 Å². The van der Waals surface area contributed by atoms with Crippen LogP contribution in [0.3, 0.4) is 0 Å². The summed E-state index contributed by atoms with van der Waals surface area (Å²) in [6, 6.07) is 14.5. The molecule has 0 radical (unpaired) electrons. The monoisotopic (exact) mass is 353 g/mol. The molecule has 3 rings (SSSR count). The van der Waals surface area contributed by atoms with Gasteiger partial charge in [-0.3, -0.25) is 0 Å². The zero-order valence-electron chi connectivity index (χ0n) is 13.7. The fourth-order valence-electron chi connectivity index (χ4n) is 2.22. The minimum atomic E-state index is -0.511. The average Bonchev–Trinajstić information content (AvgIpc) is 2.94. The van der Waals surface area contributed by atoms with Crippen LogP contribution in [0.5, 0.6) is 5.75 Å². The van der Waals surface area contributed by atoms with Crippen molar-refractivity contribution in [3.8, 4) is 5.75 Å². The highest BCUT2D eigenvalue weighted by Gasteiger charge is 2.25. The van der Waals surface area contributed by atoms with Gasteiger partial charge < -0.3 is 9.47 Å². The molecule has 0 saturated carbocycles. The van der Waals surface area contributed by atoms with Gasteiger partial charge in [0, 0.05) is 0 Å². The maximum Gasteiger partial charge on any atom is 0.363 e. The van der Waals surface area contributed by atoms with Gasteiger partial charge in [-0.1, -0.05) is 42.4 Å². The molecule has 0 fully saturated rings. The van der Waals surface area contributed by atoms with Crippen LogP contribution in [0.4, 0.5) is 0 Å². The first-order valence-corrected chi connectivity index (χ1v) is 8.05. The fraction of sp³-hybridized carbons (Fsp3) is 0.100. The molecule has 2 aromatic rings. The van der Waals surface area contributed by atoms with Crippen molar-refractivity contribution in [2.24, 2.45) is 4.99 Å². The minimum absolute atomic E-state index is 0.205. The van der Waals surface area contributed by atoms with E-state index in [1.807, 2.05) is 37.3 Å². The maximum absolute atomic E-state index is 12.1. The number of hydrogen-bond acceptors (Lipinski definition) is 4. The highest BCUT2D eigenvalue weighted by atomic mass is 35.5. The fourth-order valence-corrected chi connectivity index (χ4v) is 2.43. The summed E-state index contributed by atoms with van der Waals surface area (Å²) in [6.07, 6.45) is 1.65. The summed E-state index contributed by atoms with van der Waals surface area (Å²) in [5.41, 5.74) is 2.51. The number of ether oxygens (including phenoxy) is 2. The van der Waals surface area contributed by atoms with E-state index in [-0.39, 0.29) is 11.6 Å². The third kappa shape index (κ3) is 4.17. The smallest absolute Gasteiger partial charge is 0.363 e. The second-order valence-electron chi connectivity index (χ2n) is 5.63. The number of nitrogens with zero attached hydrogens (tertiary/aromatic N) is 1. The number of benzene rings is 2. The number of cyclic esters (lactones) is 1. The minimum Gasteiger partial charge on any atom is -0.489 e. The predicted molar refractivity (Wildman–Crippen MR) is 98.8 cm³/mol. The summed E-state index contributed by atoms with van der Waals surface area (Å²) < 4.78 is 10.8. The van der Waals surface area contributed by atoms with Gasteiger partial charge in [-0.15, -0.1) is 0 Å². The topological polar surface area (TPSA) is 47.9 Å². The van der Waals surface area contributed by atoms with E-state index in [0.717, 1.165) is 11.1 Å². The molecule has 25 heavy (non-hydrogen) atoms. The molecular weight excluding hydrogens is 338 g/mol. The van der Waals surface area contributed by atoms with Gasteiger partial charge in [-0.25, -0.2) is 9.79 Å². The molecule has 2 aromatic carbocycles. The lowest BCUT2D eigenvalue weighted by atomic mass is 10.2. The van der Waals surface area contributed by atoms with Crippen molar-refractivity contribution in [2.75, 3.05) is 6.61 Å². The lowest BCUT2D eigenvalue weighted by Crippen LogP contribution is -2.05. The number of rotatable bonds is 5. The normalized spacial score (nSPS) is 15.0. The number of hydrogen-bond donors (Lipinski definition) is 0. The lowest BCUT2D eigenvalue weighted by molar-refractivity contribution is -0.129. The second kappa shape index (κ2) is 7.36. The van der Waals surface area contributed by atoms with Gasteiger partial charge in [0.05, 0.1) is 10.6 Å². The van der Waals surface area contributed by atoms with Crippen LogP contribution >= 0.6 is 11.6 Å². The van der Waals surface area contributed by atoms with Gasteiger partial charge in [0.15, 0.2) is 5.70 Å². The zero-order valence-corrected chi connectivity index (χ0v) is 14.4. The Kier molecular flexibility index (Phi) is 5.00. The third-order valence-corrected chi connectivity index (χ3v) is 3.70. The molecule has 0 saturated heterocycles. The van der Waals surface area contributed by atoms with E-state index in [1.165, 1.54) is 0 Å². The maximum atomic E-state index is 12.1. The van der Waals surface area contributed by atoms with Crippen LogP contribution in [0.1, 0.15) is 18.1 Å². The first kappa shape index (κ1) is 17.0. The van der Waals surface area contributed by atoms with Gasteiger partial charge in [-0.05, 0) is 48.4 Å². The highest BCUT2D eigenvalue weighted by Crippen LogP contribution is 2.24. The van der Waals surface area contributed by atoms with E-state index in [9.17, 15) is 4.79 Å². The Morgan fingerprint density at radius 2 is 2.08 bits per heavy atom. The van der Waals surface area contributed by atoms with E-state index < -0.39 is 5.97 Å². The summed E-state index contributed by atoms with van der Waals surface area (Å²) in [4.78, 5) is 16.3. The Morgan fingerprint density at radius 1 is 1.28 bits per heavy atom. The van der Waals surface area contributed by atoms with Crippen LogP contribution in [-0.4, -0.2) is 18.5 Å². The van der Waals surface area contributed by atoms with Gasteiger partial charge in [-0.2, -0.15) is 0 Å². The van der Waals surface area contributed by atoms with Crippen LogP contribution in [-0.2, 0) is 9.53 Å². The molecule has 0 N–H and O–H groups in total. The molecule has 0 aliphatic carbocycles. The molecule has 5 heteroatoms. The zero-order chi connectivity index (χ0) is 17.8. The summed E-state index contributed by atoms with van der Waals surface area (Å²) in [7, 11) is 0. The Hall–Kier alpha value is -2.85. The van der Waals surface area contributed by atoms with E-state index in [2.05, 4.69) is 11.6 Å². The number of aliphatic imine (C=N–C) groups is 1. The van der Waals surface area contributed by atoms with Crippen molar-refractivity contribution in [1.82, 2.24) is 0 Å². The van der Waals surface area contributed by atoms with Crippen LogP contribution < -0.4 is 4.74 Å². The van der Waals surface area contributed by atoms with Crippen molar-refractivity contribution < 1.29 is 14.3 Å². The van der Waals surface area contributed by atoms with Crippen molar-refractivity contribution in [2.45, 2.75) is 6.92 Å². The van der Waals surface area contributed by atoms with E-state index in [4.69, 9.17) is 21.1 Å². The van der Waals surface area contributed by atoms with Gasteiger partial charge in [0.1, 0.15) is 12.4 Å². The Bertz CT molecular complexity index is 899. The summed E-state index contributed by atoms with van der Waals surface area (Å²) in [6.45, 7) is 6.14. The molecule has 0 atom stereocenters. The predicted octanol–water partition coefficient (Wildman–Crippen LogP) is 4.64. The van der Waals surface area contributed by atoms with Crippen molar-refractivity contribution in [3.63, 3.8) is 0 Å². The molecule has 0 unspecified atom stereocenters. The number of carbonyl (C=O) groups excluding carboxylic acids is 1.